The van der Waals surface area contributed by atoms with Crippen LogP contribution in [-0.2, 0) is 0 Å². The standard InChI is InChI=1S/C45H26N2OS/c1-2-10-27(11-3-1)35-26-36-43(42-34-16-8-9-17-39(34)49-44(35)42)48-45(46-36)30-18-22-31(23-19-30)47-37-24-20-28-12-4-6-14-32(28)40(37)41-33-15-7-5-13-29(33)21-25-38(41)47/h1-26H. The Morgan fingerprint density at radius 1 is 0.510 bits per heavy atom. The Morgan fingerprint density at radius 3 is 1.82 bits per heavy atom. The molecule has 3 heterocycles. The van der Waals surface area contributed by atoms with E-state index in [1.54, 1.807) is 0 Å². The molecule has 11 rings (SSSR count). The van der Waals surface area contributed by atoms with Crippen molar-refractivity contribution in [2.45, 2.75) is 0 Å². The molecule has 0 N–H and O–H groups in total. The Kier molecular flexibility index (Phi) is 5.54. The molecule has 3 aromatic heterocycles. The molecule has 0 amide bonds. The maximum Gasteiger partial charge on any atom is 0.227 e. The third-order valence-electron chi connectivity index (χ3n) is 10.0. The minimum absolute atomic E-state index is 0.627. The zero-order chi connectivity index (χ0) is 32.1. The second kappa shape index (κ2) is 10.1. The van der Waals surface area contributed by atoms with Gasteiger partial charge in [0.25, 0.3) is 0 Å². The van der Waals surface area contributed by atoms with Crippen molar-refractivity contribution in [2.75, 3.05) is 0 Å². The molecule has 0 saturated carbocycles. The fourth-order valence-electron chi connectivity index (χ4n) is 7.81. The number of hydrogen-bond donors (Lipinski definition) is 0. The van der Waals surface area contributed by atoms with Crippen molar-refractivity contribution in [3.63, 3.8) is 0 Å². The van der Waals surface area contributed by atoms with Crippen molar-refractivity contribution in [3.8, 4) is 28.3 Å². The lowest BCUT2D eigenvalue weighted by atomic mass is 10.00. The van der Waals surface area contributed by atoms with Gasteiger partial charge in [-0.15, -0.1) is 11.3 Å². The van der Waals surface area contributed by atoms with Gasteiger partial charge in [-0.05, 0) is 75.6 Å². The summed E-state index contributed by atoms with van der Waals surface area (Å²) < 4.78 is 11.5. The van der Waals surface area contributed by atoms with E-state index in [-0.39, 0.29) is 0 Å². The largest absolute Gasteiger partial charge is 0.435 e. The second-order valence-electron chi connectivity index (χ2n) is 12.7. The van der Waals surface area contributed by atoms with Crippen LogP contribution < -0.4 is 0 Å². The molecule has 11 aromatic rings. The second-order valence-corrected chi connectivity index (χ2v) is 13.8. The quantitative estimate of drug-likeness (QED) is 0.192. The lowest BCUT2D eigenvalue weighted by Crippen LogP contribution is -1.94. The van der Waals surface area contributed by atoms with Crippen LogP contribution in [0.15, 0.2) is 162 Å². The Hall–Kier alpha value is -6.23. The first-order valence-electron chi connectivity index (χ1n) is 16.5. The van der Waals surface area contributed by atoms with E-state index >= 15 is 0 Å². The van der Waals surface area contributed by atoms with E-state index in [2.05, 4.69) is 162 Å². The molecule has 228 valence electrons. The molecule has 0 bridgehead atoms. The highest BCUT2D eigenvalue weighted by atomic mass is 32.1. The minimum Gasteiger partial charge on any atom is -0.435 e. The van der Waals surface area contributed by atoms with E-state index in [1.165, 1.54) is 69.3 Å². The van der Waals surface area contributed by atoms with Crippen LogP contribution in [0.3, 0.4) is 0 Å². The van der Waals surface area contributed by atoms with Crippen molar-refractivity contribution >= 4 is 86.0 Å². The van der Waals surface area contributed by atoms with Crippen LogP contribution in [0.25, 0.3) is 103 Å². The molecule has 0 saturated heterocycles. The third-order valence-corrected chi connectivity index (χ3v) is 11.2. The molecule has 0 fully saturated rings. The van der Waals surface area contributed by atoms with Gasteiger partial charge < -0.3 is 8.98 Å². The number of nitrogens with zero attached hydrogens (tertiary/aromatic N) is 2. The van der Waals surface area contributed by atoms with E-state index in [0.29, 0.717) is 5.89 Å². The Morgan fingerprint density at radius 2 is 1.12 bits per heavy atom. The van der Waals surface area contributed by atoms with Gasteiger partial charge >= 0.3 is 0 Å². The molecule has 0 aliphatic carbocycles. The molecule has 0 atom stereocenters. The molecule has 0 aliphatic heterocycles. The molecular weight excluding hydrogens is 617 g/mol. The molecule has 0 aliphatic rings. The summed E-state index contributed by atoms with van der Waals surface area (Å²) in [4.78, 5) is 5.10. The van der Waals surface area contributed by atoms with Gasteiger partial charge in [-0.25, -0.2) is 4.98 Å². The molecule has 8 aromatic carbocycles. The van der Waals surface area contributed by atoms with E-state index in [9.17, 15) is 0 Å². The Bertz CT molecular complexity index is 3000. The number of oxazole rings is 1. The maximum atomic E-state index is 6.68. The van der Waals surface area contributed by atoms with Crippen molar-refractivity contribution in [2.24, 2.45) is 0 Å². The number of thiophene rings is 1. The summed E-state index contributed by atoms with van der Waals surface area (Å²) in [5.41, 5.74) is 8.52. The van der Waals surface area contributed by atoms with Gasteiger partial charge in [-0.2, -0.15) is 0 Å². The smallest absolute Gasteiger partial charge is 0.227 e. The van der Waals surface area contributed by atoms with Crippen molar-refractivity contribution in [1.29, 1.82) is 0 Å². The first-order chi connectivity index (χ1) is 24.3. The predicted molar refractivity (Wildman–Crippen MR) is 207 cm³/mol. The number of aromatic nitrogens is 2. The Labute approximate surface area is 284 Å². The van der Waals surface area contributed by atoms with Gasteiger partial charge in [0.1, 0.15) is 5.52 Å². The van der Waals surface area contributed by atoms with E-state index in [1.807, 2.05) is 11.3 Å². The molecule has 4 heteroatoms. The fraction of sp³-hybridized carbons (Fsp3) is 0. The first-order valence-corrected chi connectivity index (χ1v) is 17.4. The number of hydrogen-bond acceptors (Lipinski definition) is 3. The highest BCUT2D eigenvalue weighted by Crippen LogP contribution is 2.45. The third kappa shape index (κ3) is 3.86. The van der Waals surface area contributed by atoms with Gasteiger partial charge in [-0.3, -0.25) is 0 Å². The topological polar surface area (TPSA) is 31.0 Å². The van der Waals surface area contributed by atoms with Crippen molar-refractivity contribution < 1.29 is 4.42 Å². The van der Waals surface area contributed by atoms with Gasteiger partial charge in [0.2, 0.25) is 5.89 Å². The van der Waals surface area contributed by atoms with E-state index < -0.39 is 0 Å². The monoisotopic (exact) mass is 642 g/mol. The van der Waals surface area contributed by atoms with Gasteiger partial charge in [0.15, 0.2) is 5.58 Å². The molecule has 0 unspecified atom stereocenters. The summed E-state index contributed by atoms with van der Waals surface area (Å²) in [6.07, 6.45) is 0. The zero-order valence-corrected chi connectivity index (χ0v) is 27.0. The summed E-state index contributed by atoms with van der Waals surface area (Å²) in [6, 6.07) is 56.5. The van der Waals surface area contributed by atoms with E-state index in [4.69, 9.17) is 9.40 Å². The molecule has 3 nitrogen and oxygen atoms in total. The Balaban J connectivity index is 1.11. The summed E-state index contributed by atoms with van der Waals surface area (Å²) in [5, 5.41) is 9.94. The number of fused-ring (bicyclic) bond motifs is 12. The normalized spacial score (nSPS) is 12.1. The predicted octanol–water partition coefficient (Wildman–Crippen LogP) is 12.9. The summed E-state index contributed by atoms with van der Waals surface area (Å²) in [6.45, 7) is 0. The molecule has 49 heavy (non-hydrogen) atoms. The van der Waals surface area contributed by atoms with Crippen molar-refractivity contribution in [1.82, 2.24) is 9.55 Å². The van der Waals surface area contributed by atoms with Crippen LogP contribution >= 0.6 is 11.3 Å². The van der Waals surface area contributed by atoms with E-state index in [0.717, 1.165) is 27.7 Å². The highest BCUT2D eigenvalue weighted by Gasteiger charge is 2.21. The highest BCUT2D eigenvalue weighted by molar-refractivity contribution is 7.26. The first kappa shape index (κ1) is 26.8. The van der Waals surface area contributed by atoms with Crippen LogP contribution in [0.1, 0.15) is 0 Å². The van der Waals surface area contributed by atoms with Crippen LogP contribution in [0.5, 0.6) is 0 Å². The number of benzene rings is 8. The SMILES string of the molecule is c1ccc(-c2cc3nc(-c4ccc(-n5c6ccc7ccccc7c6c6c7ccccc7ccc65)cc4)oc3c3c2sc2ccccc23)cc1. The van der Waals surface area contributed by atoms with Gasteiger partial charge in [0.05, 0.1) is 11.0 Å². The van der Waals surface area contributed by atoms with Crippen LogP contribution in [0.4, 0.5) is 0 Å². The van der Waals surface area contributed by atoms with Gasteiger partial charge in [-0.1, -0.05) is 109 Å². The summed E-state index contributed by atoms with van der Waals surface area (Å²) in [5.74, 6) is 0.627. The number of rotatable bonds is 3. The lowest BCUT2D eigenvalue weighted by Gasteiger charge is -2.09. The average Bonchev–Trinajstić information content (AvgIpc) is 3.87. The summed E-state index contributed by atoms with van der Waals surface area (Å²) >= 11 is 1.82. The van der Waals surface area contributed by atoms with Crippen LogP contribution in [-0.4, -0.2) is 9.55 Å². The fourth-order valence-corrected chi connectivity index (χ4v) is 9.04. The minimum atomic E-state index is 0.627. The molecular formula is C45H26N2OS. The van der Waals surface area contributed by atoms with Crippen LogP contribution in [0.2, 0.25) is 0 Å². The molecule has 0 radical (unpaired) electrons. The van der Waals surface area contributed by atoms with Gasteiger partial charge in [0, 0.05) is 47.8 Å². The lowest BCUT2D eigenvalue weighted by molar-refractivity contribution is 0.623. The molecule has 0 spiro atoms. The zero-order valence-electron chi connectivity index (χ0n) is 26.2. The average molecular weight is 643 g/mol. The van der Waals surface area contributed by atoms with Crippen LogP contribution in [0, 0.1) is 0 Å². The maximum absolute atomic E-state index is 6.68. The summed E-state index contributed by atoms with van der Waals surface area (Å²) in [7, 11) is 0. The van der Waals surface area contributed by atoms with Crippen molar-refractivity contribution in [3.05, 3.63) is 158 Å².